The quantitative estimate of drug-likeness (QED) is 0.787. The number of benzene rings is 2. The standard InChI is InChI=1S/C15H18N2/c1-17-15(12-7-3-2-4-8-12)11-13-9-5-6-10-14(13)16/h2-10,15,17H,11,16H2,1H3/t15-/m1/s1. The molecule has 0 radical (unpaired) electrons. The monoisotopic (exact) mass is 226 g/mol. The zero-order valence-corrected chi connectivity index (χ0v) is 10.1. The fraction of sp³-hybridized carbons (Fsp3) is 0.200. The summed E-state index contributed by atoms with van der Waals surface area (Å²) in [4.78, 5) is 0. The minimum absolute atomic E-state index is 0.306. The Morgan fingerprint density at radius 2 is 1.65 bits per heavy atom. The maximum Gasteiger partial charge on any atom is 0.0359 e. The Kier molecular flexibility index (Phi) is 3.78. The highest BCUT2D eigenvalue weighted by Gasteiger charge is 2.10. The third kappa shape index (κ3) is 2.86. The molecule has 17 heavy (non-hydrogen) atoms. The lowest BCUT2D eigenvalue weighted by Crippen LogP contribution is -2.19. The van der Waals surface area contributed by atoms with Crippen molar-refractivity contribution in [2.45, 2.75) is 12.5 Å². The van der Waals surface area contributed by atoms with Gasteiger partial charge < -0.3 is 11.1 Å². The second kappa shape index (κ2) is 5.51. The first kappa shape index (κ1) is 11.7. The number of nitrogens with one attached hydrogen (secondary N) is 1. The van der Waals surface area contributed by atoms with E-state index >= 15 is 0 Å². The van der Waals surface area contributed by atoms with Gasteiger partial charge in [-0.3, -0.25) is 0 Å². The van der Waals surface area contributed by atoms with E-state index in [0.29, 0.717) is 6.04 Å². The van der Waals surface area contributed by atoms with Crippen LogP contribution in [0.15, 0.2) is 54.6 Å². The molecular weight excluding hydrogens is 208 g/mol. The van der Waals surface area contributed by atoms with Crippen molar-refractivity contribution in [3.05, 3.63) is 65.7 Å². The summed E-state index contributed by atoms with van der Waals surface area (Å²) in [5, 5.41) is 3.34. The van der Waals surface area contributed by atoms with Crippen molar-refractivity contribution in [3.8, 4) is 0 Å². The first-order chi connectivity index (χ1) is 8.31. The first-order valence-electron chi connectivity index (χ1n) is 5.87. The predicted octanol–water partition coefficient (Wildman–Crippen LogP) is 2.77. The topological polar surface area (TPSA) is 38.0 Å². The number of hydrogen-bond acceptors (Lipinski definition) is 2. The van der Waals surface area contributed by atoms with E-state index in [0.717, 1.165) is 12.1 Å². The Balaban J connectivity index is 2.19. The second-order valence-corrected chi connectivity index (χ2v) is 4.15. The molecular formula is C15H18N2. The van der Waals surface area contributed by atoms with E-state index in [1.54, 1.807) is 0 Å². The molecule has 0 aliphatic heterocycles. The summed E-state index contributed by atoms with van der Waals surface area (Å²) in [6.45, 7) is 0. The van der Waals surface area contributed by atoms with E-state index in [1.807, 2.05) is 31.3 Å². The lowest BCUT2D eigenvalue weighted by molar-refractivity contribution is 0.593. The van der Waals surface area contributed by atoms with Crippen LogP contribution in [0.4, 0.5) is 5.69 Å². The molecule has 0 unspecified atom stereocenters. The van der Waals surface area contributed by atoms with Crippen LogP contribution in [0, 0.1) is 0 Å². The molecule has 2 heteroatoms. The zero-order valence-electron chi connectivity index (χ0n) is 10.1. The van der Waals surface area contributed by atoms with E-state index in [9.17, 15) is 0 Å². The van der Waals surface area contributed by atoms with Crippen molar-refractivity contribution in [2.24, 2.45) is 0 Å². The number of rotatable bonds is 4. The van der Waals surface area contributed by atoms with Crippen LogP contribution < -0.4 is 11.1 Å². The van der Waals surface area contributed by atoms with Crippen LogP contribution in [0.5, 0.6) is 0 Å². The van der Waals surface area contributed by atoms with Gasteiger partial charge in [0.2, 0.25) is 0 Å². The van der Waals surface area contributed by atoms with Crippen LogP contribution in [0.25, 0.3) is 0 Å². The lowest BCUT2D eigenvalue weighted by Gasteiger charge is -2.17. The summed E-state index contributed by atoms with van der Waals surface area (Å²) in [6.07, 6.45) is 0.910. The fourth-order valence-corrected chi connectivity index (χ4v) is 2.01. The molecule has 0 aliphatic rings. The molecule has 0 spiro atoms. The SMILES string of the molecule is CN[C@H](Cc1ccccc1N)c1ccccc1. The molecule has 2 aromatic carbocycles. The normalized spacial score (nSPS) is 12.3. The van der Waals surface area contributed by atoms with Crippen molar-refractivity contribution in [3.63, 3.8) is 0 Å². The van der Waals surface area contributed by atoms with Gasteiger partial charge in [0.1, 0.15) is 0 Å². The average Bonchev–Trinajstić information content (AvgIpc) is 2.39. The third-order valence-corrected chi connectivity index (χ3v) is 3.03. The van der Waals surface area contributed by atoms with Crippen molar-refractivity contribution in [2.75, 3.05) is 12.8 Å². The Bertz CT molecular complexity index is 465. The van der Waals surface area contributed by atoms with Gasteiger partial charge in [0, 0.05) is 11.7 Å². The summed E-state index contributed by atoms with van der Waals surface area (Å²) in [6, 6.07) is 18.8. The van der Waals surface area contributed by atoms with Crippen molar-refractivity contribution >= 4 is 5.69 Å². The summed E-state index contributed by atoms with van der Waals surface area (Å²) >= 11 is 0. The minimum Gasteiger partial charge on any atom is -0.399 e. The highest BCUT2D eigenvalue weighted by atomic mass is 14.9. The van der Waals surface area contributed by atoms with E-state index in [4.69, 9.17) is 5.73 Å². The van der Waals surface area contributed by atoms with Crippen LogP contribution in [0.1, 0.15) is 17.2 Å². The van der Waals surface area contributed by atoms with Gasteiger partial charge in [-0.1, -0.05) is 48.5 Å². The molecule has 1 atom stereocenters. The van der Waals surface area contributed by atoms with Gasteiger partial charge in [0.05, 0.1) is 0 Å². The van der Waals surface area contributed by atoms with Gasteiger partial charge in [-0.2, -0.15) is 0 Å². The molecule has 2 nitrogen and oxygen atoms in total. The number of nitrogens with two attached hydrogens (primary N) is 1. The van der Waals surface area contributed by atoms with E-state index in [1.165, 1.54) is 11.1 Å². The lowest BCUT2D eigenvalue weighted by atomic mass is 9.98. The summed E-state index contributed by atoms with van der Waals surface area (Å²) in [5.74, 6) is 0. The van der Waals surface area contributed by atoms with Crippen molar-refractivity contribution < 1.29 is 0 Å². The van der Waals surface area contributed by atoms with E-state index < -0.39 is 0 Å². The Morgan fingerprint density at radius 1 is 1.00 bits per heavy atom. The average molecular weight is 226 g/mol. The fourth-order valence-electron chi connectivity index (χ4n) is 2.01. The Morgan fingerprint density at radius 3 is 2.29 bits per heavy atom. The number of para-hydroxylation sites is 1. The highest BCUT2D eigenvalue weighted by molar-refractivity contribution is 5.47. The molecule has 0 heterocycles. The van der Waals surface area contributed by atoms with E-state index in [2.05, 4.69) is 35.6 Å². The van der Waals surface area contributed by atoms with Gasteiger partial charge in [-0.15, -0.1) is 0 Å². The molecule has 0 saturated carbocycles. The van der Waals surface area contributed by atoms with Crippen LogP contribution in [-0.2, 0) is 6.42 Å². The van der Waals surface area contributed by atoms with Crippen LogP contribution in [0.2, 0.25) is 0 Å². The van der Waals surface area contributed by atoms with Gasteiger partial charge in [0.25, 0.3) is 0 Å². The van der Waals surface area contributed by atoms with Crippen LogP contribution >= 0.6 is 0 Å². The largest absolute Gasteiger partial charge is 0.399 e. The second-order valence-electron chi connectivity index (χ2n) is 4.15. The molecule has 0 saturated heterocycles. The van der Waals surface area contributed by atoms with Crippen LogP contribution in [0.3, 0.4) is 0 Å². The Hall–Kier alpha value is -1.80. The molecule has 0 aromatic heterocycles. The molecule has 3 N–H and O–H groups in total. The van der Waals surface area contributed by atoms with Gasteiger partial charge >= 0.3 is 0 Å². The molecule has 0 bridgehead atoms. The zero-order chi connectivity index (χ0) is 12.1. The Labute approximate surface area is 102 Å². The highest BCUT2D eigenvalue weighted by Crippen LogP contribution is 2.21. The molecule has 0 fully saturated rings. The summed E-state index contributed by atoms with van der Waals surface area (Å²) < 4.78 is 0. The maximum atomic E-state index is 5.97. The molecule has 0 aliphatic carbocycles. The molecule has 88 valence electrons. The number of nitrogen functional groups attached to an aromatic ring is 1. The van der Waals surface area contributed by atoms with Gasteiger partial charge in [0.15, 0.2) is 0 Å². The van der Waals surface area contributed by atoms with Crippen LogP contribution in [-0.4, -0.2) is 7.05 Å². The molecule has 2 rings (SSSR count). The molecule has 0 amide bonds. The summed E-state index contributed by atoms with van der Waals surface area (Å²) in [5.41, 5.74) is 9.32. The molecule has 2 aromatic rings. The number of likely N-dealkylation sites (N-methyl/N-ethyl adjacent to an activating group) is 1. The van der Waals surface area contributed by atoms with Gasteiger partial charge in [-0.05, 0) is 30.7 Å². The van der Waals surface area contributed by atoms with Gasteiger partial charge in [-0.25, -0.2) is 0 Å². The first-order valence-corrected chi connectivity index (χ1v) is 5.87. The predicted molar refractivity (Wildman–Crippen MR) is 72.8 cm³/mol. The van der Waals surface area contributed by atoms with Crippen molar-refractivity contribution in [1.82, 2.24) is 5.32 Å². The smallest absolute Gasteiger partial charge is 0.0359 e. The van der Waals surface area contributed by atoms with E-state index in [-0.39, 0.29) is 0 Å². The number of anilines is 1. The number of hydrogen-bond donors (Lipinski definition) is 2. The maximum absolute atomic E-state index is 5.97. The third-order valence-electron chi connectivity index (χ3n) is 3.03. The van der Waals surface area contributed by atoms with Crippen molar-refractivity contribution in [1.29, 1.82) is 0 Å². The minimum atomic E-state index is 0.306. The summed E-state index contributed by atoms with van der Waals surface area (Å²) in [7, 11) is 1.98.